The average Bonchev–Trinajstić information content (AvgIpc) is 2.90. The number of anilines is 1. The quantitative estimate of drug-likeness (QED) is 0.119. The Morgan fingerprint density at radius 3 is 2.05 bits per heavy atom. The summed E-state index contributed by atoms with van der Waals surface area (Å²) in [4.78, 5) is 35.8. The Hall–Kier alpha value is -4.15. The highest BCUT2D eigenvalue weighted by Crippen LogP contribution is 2.09. The molecule has 37 heavy (non-hydrogen) atoms. The van der Waals surface area contributed by atoms with Gasteiger partial charge in [-0.15, -0.1) is 0 Å². The Kier molecular flexibility index (Phi) is 12.4. The van der Waals surface area contributed by atoms with Crippen LogP contribution in [0.3, 0.4) is 0 Å². The van der Waals surface area contributed by atoms with E-state index in [4.69, 9.17) is 5.21 Å². The normalized spacial score (nSPS) is 11.6. The van der Waals surface area contributed by atoms with Crippen molar-refractivity contribution >= 4 is 23.4 Å². The zero-order chi connectivity index (χ0) is 27.0. The summed E-state index contributed by atoms with van der Waals surface area (Å²) in [6.07, 6.45) is 2.15. The molecule has 6 N–H and O–H groups in total. The zero-order valence-corrected chi connectivity index (χ0v) is 20.9. The maximum Gasteiger partial charge on any atom is 0.268 e. The third-order valence-corrected chi connectivity index (χ3v) is 5.20. The summed E-state index contributed by atoms with van der Waals surface area (Å²) >= 11 is 0. The van der Waals surface area contributed by atoms with Crippen molar-refractivity contribution in [2.45, 2.75) is 45.3 Å². The van der Waals surface area contributed by atoms with Crippen molar-refractivity contribution in [1.82, 2.24) is 16.1 Å². The number of carbonyl (C=O) groups is 3. The molecule has 0 heterocycles. The molecule has 194 valence electrons. The maximum atomic E-state index is 12.3. The van der Waals surface area contributed by atoms with Crippen LogP contribution in [0.15, 0.2) is 48.5 Å². The number of aliphatic hydroxyl groups is 1. The van der Waals surface area contributed by atoms with Crippen LogP contribution in [0.25, 0.3) is 0 Å². The Bertz CT molecular complexity index is 1170. The Morgan fingerprint density at radius 2 is 1.51 bits per heavy atom. The first-order chi connectivity index (χ1) is 17.8. The van der Waals surface area contributed by atoms with Crippen LogP contribution in [-0.4, -0.2) is 53.3 Å². The highest BCUT2D eigenvalue weighted by molar-refractivity contribution is 5.97. The molecule has 0 radical (unpaired) electrons. The first-order valence-electron chi connectivity index (χ1n) is 12.0. The lowest BCUT2D eigenvalue weighted by Gasteiger charge is -2.19. The van der Waals surface area contributed by atoms with E-state index < -0.39 is 24.0 Å². The number of hydrogen-bond donors (Lipinski definition) is 6. The molecule has 9 heteroatoms. The highest BCUT2D eigenvalue weighted by atomic mass is 16.5. The van der Waals surface area contributed by atoms with Crippen molar-refractivity contribution in [3.63, 3.8) is 0 Å². The molecule has 2 aromatic rings. The summed E-state index contributed by atoms with van der Waals surface area (Å²) in [5.41, 5.74) is 3.74. The standard InChI is InChI=1S/C28H32N4O5/c1-3-4-7-18-29-19-25(34)30-24-16-12-22(13-17-24)9-6-5-8-21-10-14-23(15-11-21)27(35)31-26(20(2)33)28(36)32-37/h10-17,20,26,29,33,37H,3-4,7,18-19H2,1-2H3,(H,30,34)(H,31,35)(H,32,36)/t20-,26+/m1/s1. The summed E-state index contributed by atoms with van der Waals surface area (Å²) in [6.45, 7) is 4.56. The Morgan fingerprint density at radius 1 is 0.919 bits per heavy atom. The smallest absolute Gasteiger partial charge is 0.268 e. The molecule has 2 aromatic carbocycles. The van der Waals surface area contributed by atoms with Gasteiger partial charge in [-0.25, -0.2) is 5.48 Å². The second-order valence-electron chi connectivity index (χ2n) is 8.25. The van der Waals surface area contributed by atoms with Gasteiger partial charge in [-0.3, -0.25) is 19.6 Å². The Balaban J connectivity index is 1.87. The number of rotatable bonds is 11. The number of aliphatic hydroxyl groups excluding tert-OH is 1. The van der Waals surface area contributed by atoms with Gasteiger partial charge in [-0.05, 0) is 80.3 Å². The molecule has 0 aliphatic carbocycles. The molecule has 2 rings (SSSR count). The molecule has 3 amide bonds. The van der Waals surface area contributed by atoms with E-state index in [2.05, 4.69) is 46.6 Å². The van der Waals surface area contributed by atoms with Gasteiger partial charge in [0.05, 0.1) is 12.6 Å². The number of nitrogens with one attached hydrogen (secondary N) is 4. The summed E-state index contributed by atoms with van der Waals surface area (Å²) in [7, 11) is 0. The van der Waals surface area contributed by atoms with E-state index in [1.165, 1.54) is 24.5 Å². The lowest BCUT2D eigenvalue weighted by atomic mass is 10.1. The molecule has 0 saturated heterocycles. The molecule has 0 aliphatic heterocycles. The maximum absolute atomic E-state index is 12.3. The van der Waals surface area contributed by atoms with Gasteiger partial charge in [0.15, 0.2) is 0 Å². The van der Waals surface area contributed by atoms with Crippen molar-refractivity contribution < 1.29 is 24.7 Å². The summed E-state index contributed by atoms with van der Waals surface area (Å²) < 4.78 is 0. The molecule has 0 bridgehead atoms. The molecule has 0 aliphatic rings. The zero-order valence-electron chi connectivity index (χ0n) is 20.9. The molecule has 0 saturated carbocycles. The van der Waals surface area contributed by atoms with Gasteiger partial charge in [-0.2, -0.15) is 0 Å². The number of hydrogen-bond acceptors (Lipinski definition) is 6. The molecular formula is C28H32N4O5. The second-order valence-corrected chi connectivity index (χ2v) is 8.25. The second kappa shape index (κ2) is 15.8. The minimum absolute atomic E-state index is 0.0943. The van der Waals surface area contributed by atoms with Crippen molar-refractivity contribution in [1.29, 1.82) is 0 Å². The van der Waals surface area contributed by atoms with Gasteiger partial charge in [0, 0.05) is 22.4 Å². The number of hydroxylamine groups is 1. The molecule has 0 fully saturated rings. The van der Waals surface area contributed by atoms with Crippen LogP contribution >= 0.6 is 0 Å². The van der Waals surface area contributed by atoms with Gasteiger partial charge in [0.25, 0.3) is 11.8 Å². The van der Waals surface area contributed by atoms with Crippen molar-refractivity contribution in [3.05, 3.63) is 65.2 Å². The molecule has 9 nitrogen and oxygen atoms in total. The van der Waals surface area contributed by atoms with Crippen LogP contribution in [0.2, 0.25) is 0 Å². The van der Waals surface area contributed by atoms with Gasteiger partial charge in [-0.1, -0.05) is 31.6 Å². The predicted molar refractivity (Wildman–Crippen MR) is 141 cm³/mol. The monoisotopic (exact) mass is 504 g/mol. The van der Waals surface area contributed by atoms with Gasteiger partial charge < -0.3 is 21.1 Å². The third-order valence-electron chi connectivity index (χ3n) is 5.20. The van der Waals surface area contributed by atoms with E-state index in [1.807, 2.05) is 0 Å². The van der Waals surface area contributed by atoms with Crippen molar-refractivity contribution in [3.8, 4) is 23.7 Å². The van der Waals surface area contributed by atoms with Crippen LogP contribution in [-0.2, 0) is 9.59 Å². The van der Waals surface area contributed by atoms with Crippen LogP contribution in [0.1, 0.15) is 54.6 Å². The summed E-state index contributed by atoms with van der Waals surface area (Å²) in [6, 6.07) is 12.2. The van der Waals surface area contributed by atoms with Crippen molar-refractivity contribution in [2.75, 3.05) is 18.4 Å². The van der Waals surface area contributed by atoms with E-state index in [1.54, 1.807) is 36.4 Å². The number of amides is 3. The molecule has 0 aromatic heterocycles. The molecule has 2 atom stereocenters. The predicted octanol–water partition coefficient (Wildman–Crippen LogP) is 1.79. The van der Waals surface area contributed by atoms with Crippen LogP contribution < -0.4 is 21.4 Å². The van der Waals surface area contributed by atoms with E-state index in [0.717, 1.165) is 31.4 Å². The summed E-state index contributed by atoms with van der Waals surface area (Å²) in [5, 5.41) is 26.7. The van der Waals surface area contributed by atoms with Crippen molar-refractivity contribution in [2.24, 2.45) is 0 Å². The Labute approximate surface area is 217 Å². The van der Waals surface area contributed by atoms with Crippen LogP contribution in [0, 0.1) is 23.7 Å². The first-order valence-corrected chi connectivity index (χ1v) is 12.0. The fourth-order valence-electron chi connectivity index (χ4n) is 3.16. The van der Waals surface area contributed by atoms with Gasteiger partial charge in [0.1, 0.15) is 6.04 Å². The lowest BCUT2D eigenvalue weighted by molar-refractivity contribution is -0.133. The largest absolute Gasteiger partial charge is 0.391 e. The first kappa shape index (κ1) is 29.1. The minimum Gasteiger partial charge on any atom is -0.391 e. The highest BCUT2D eigenvalue weighted by Gasteiger charge is 2.25. The number of unbranched alkanes of at least 4 members (excludes halogenated alkanes) is 2. The fourth-order valence-corrected chi connectivity index (χ4v) is 3.16. The van der Waals surface area contributed by atoms with Gasteiger partial charge in [0.2, 0.25) is 5.91 Å². The average molecular weight is 505 g/mol. The number of benzene rings is 2. The summed E-state index contributed by atoms with van der Waals surface area (Å²) in [5.74, 6) is 9.73. The SMILES string of the molecule is CCCCCNCC(=O)Nc1ccc(C#CC#Cc2ccc(C(=O)N[C@H](C(=O)NO)[C@@H](C)O)cc2)cc1. The number of carbonyl (C=O) groups excluding carboxylic acids is 3. The molecule has 0 spiro atoms. The van der Waals surface area contributed by atoms with Gasteiger partial charge >= 0.3 is 0 Å². The fraction of sp³-hybridized carbons (Fsp3) is 0.321. The van der Waals surface area contributed by atoms with E-state index in [0.29, 0.717) is 11.3 Å². The molecule has 0 unspecified atom stereocenters. The van der Waals surface area contributed by atoms with Crippen LogP contribution in [0.5, 0.6) is 0 Å². The minimum atomic E-state index is -1.30. The topological polar surface area (TPSA) is 140 Å². The van der Waals surface area contributed by atoms with E-state index in [9.17, 15) is 19.5 Å². The van der Waals surface area contributed by atoms with E-state index in [-0.39, 0.29) is 18.0 Å². The lowest BCUT2D eigenvalue weighted by Crippen LogP contribution is -2.51. The van der Waals surface area contributed by atoms with Crippen LogP contribution in [0.4, 0.5) is 5.69 Å². The van der Waals surface area contributed by atoms with E-state index >= 15 is 0 Å². The third kappa shape index (κ3) is 10.6. The molecular weight excluding hydrogens is 472 g/mol.